The minimum Gasteiger partial charge on any atom is -0.357 e. The molecule has 2 heterocycles. The van der Waals surface area contributed by atoms with E-state index in [-0.39, 0.29) is 12.5 Å². The number of hydrogen-bond donors (Lipinski definition) is 1. The molecule has 0 aliphatic carbocycles. The van der Waals surface area contributed by atoms with Gasteiger partial charge >= 0.3 is 0 Å². The number of anilines is 1. The molecule has 0 bridgehead atoms. The average molecular weight is 288 g/mol. The Labute approximate surface area is 124 Å². The zero-order valence-electron chi connectivity index (χ0n) is 12.4. The predicted octanol–water partition coefficient (Wildman–Crippen LogP) is 0.836. The predicted molar refractivity (Wildman–Crippen MR) is 79.7 cm³/mol. The second-order valence-electron chi connectivity index (χ2n) is 4.53. The number of rotatable bonds is 7. The summed E-state index contributed by atoms with van der Waals surface area (Å²) in [5.41, 5.74) is 1.01. The third-order valence-corrected chi connectivity index (χ3v) is 3.18. The van der Waals surface area contributed by atoms with Crippen LogP contribution in [0.15, 0.2) is 31.0 Å². The van der Waals surface area contributed by atoms with E-state index in [0.717, 1.165) is 24.5 Å². The van der Waals surface area contributed by atoms with E-state index in [0.29, 0.717) is 6.54 Å². The van der Waals surface area contributed by atoms with Crippen molar-refractivity contribution in [2.75, 3.05) is 18.0 Å². The first kappa shape index (κ1) is 15.0. The molecule has 0 spiro atoms. The largest absolute Gasteiger partial charge is 0.357 e. The van der Waals surface area contributed by atoms with Crippen molar-refractivity contribution in [2.45, 2.75) is 26.9 Å². The lowest BCUT2D eigenvalue weighted by Gasteiger charge is -2.22. The Balaban J connectivity index is 1.98. The van der Waals surface area contributed by atoms with Crippen molar-refractivity contribution in [3.05, 3.63) is 36.5 Å². The van der Waals surface area contributed by atoms with Crippen LogP contribution >= 0.6 is 0 Å². The molecule has 0 saturated carbocycles. The molecular weight excluding hydrogens is 268 g/mol. The fourth-order valence-electron chi connectivity index (χ4n) is 2.09. The molecule has 1 amide bonds. The Morgan fingerprint density at radius 1 is 1.38 bits per heavy atom. The van der Waals surface area contributed by atoms with E-state index < -0.39 is 0 Å². The summed E-state index contributed by atoms with van der Waals surface area (Å²) in [7, 11) is 0. The summed E-state index contributed by atoms with van der Waals surface area (Å²) in [4.78, 5) is 22.3. The summed E-state index contributed by atoms with van der Waals surface area (Å²) < 4.78 is 1.49. The second kappa shape index (κ2) is 7.37. The summed E-state index contributed by atoms with van der Waals surface area (Å²) in [5.74, 6) is 0.818. The lowest BCUT2D eigenvalue weighted by molar-refractivity contribution is -0.122. The fraction of sp³-hybridized carbons (Fsp3) is 0.429. The van der Waals surface area contributed by atoms with Gasteiger partial charge in [-0.25, -0.2) is 14.6 Å². The first-order valence-corrected chi connectivity index (χ1v) is 7.02. The van der Waals surface area contributed by atoms with Crippen LogP contribution in [0.5, 0.6) is 0 Å². The van der Waals surface area contributed by atoms with Crippen LogP contribution in [0.25, 0.3) is 0 Å². The molecule has 0 aromatic carbocycles. The molecule has 0 atom stereocenters. The van der Waals surface area contributed by atoms with Crippen molar-refractivity contribution in [3.63, 3.8) is 0 Å². The molecule has 7 nitrogen and oxygen atoms in total. The molecule has 0 aliphatic rings. The van der Waals surface area contributed by atoms with E-state index in [1.807, 2.05) is 12.1 Å². The Kier molecular flexibility index (Phi) is 5.25. The smallest absolute Gasteiger partial charge is 0.242 e. The van der Waals surface area contributed by atoms with Gasteiger partial charge in [-0.1, -0.05) is 6.07 Å². The van der Waals surface area contributed by atoms with Gasteiger partial charge in [0.05, 0.1) is 0 Å². The monoisotopic (exact) mass is 288 g/mol. The highest BCUT2D eigenvalue weighted by atomic mass is 16.2. The molecule has 1 N–H and O–H groups in total. The van der Waals surface area contributed by atoms with Crippen LogP contribution in [-0.2, 0) is 17.9 Å². The highest BCUT2D eigenvalue weighted by Gasteiger charge is 2.10. The molecule has 7 heteroatoms. The van der Waals surface area contributed by atoms with Gasteiger partial charge in [-0.15, -0.1) is 0 Å². The van der Waals surface area contributed by atoms with E-state index in [9.17, 15) is 4.79 Å². The molecule has 2 aromatic rings. The van der Waals surface area contributed by atoms with Crippen molar-refractivity contribution in [1.82, 2.24) is 25.1 Å². The summed E-state index contributed by atoms with van der Waals surface area (Å²) in [6.45, 7) is 6.56. The summed E-state index contributed by atoms with van der Waals surface area (Å²) in [6.07, 6.45) is 4.70. The number of carbonyl (C=O) groups is 1. The maximum atomic E-state index is 11.9. The van der Waals surface area contributed by atoms with Crippen molar-refractivity contribution in [1.29, 1.82) is 0 Å². The molecule has 2 aromatic heterocycles. The van der Waals surface area contributed by atoms with Gasteiger partial charge in [0, 0.05) is 31.4 Å². The fourth-order valence-corrected chi connectivity index (χ4v) is 2.09. The lowest BCUT2D eigenvalue weighted by Crippen LogP contribution is -2.29. The molecule has 0 aliphatic heterocycles. The van der Waals surface area contributed by atoms with Gasteiger partial charge in [0.2, 0.25) is 5.91 Å². The zero-order chi connectivity index (χ0) is 15.1. The second-order valence-corrected chi connectivity index (χ2v) is 4.53. The Morgan fingerprint density at radius 2 is 2.19 bits per heavy atom. The zero-order valence-corrected chi connectivity index (χ0v) is 12.4. The number of nitrogens with one attached hydrogen (secondary N) is 1. The molecule has 0 saturated heterocycles. The number of pyridine rings is 1. The van der Waals surface area contributed by atoms with Gasteiger partial charge < -0.3 is 10.2 Å². The quantitative estimate of drug-likeness (QED) is 0.817. The van der Waals surface area contributed by atoms with Crippen LogP contribution < -0.4 is 10.2 Å². The van der Waals surface area contributed by atoms with E-state index in [1.165, 1.54) is 17.3 Å². The van der Waals surface area contributed by atoms with Gasteiger partial charge in [-0.3, -0.25) is 4.79 Å². The maximum absolute atomic E-state index is 11.9. The van der Waals surface area contributed by atoms with Crippen LogP contribution in [-0.4, -0.2) is 38.7 Å². The van der Waals surface area contributed by atoms with Gasteiger partial charge in [0.1, 0.15) is 25.0 Å². The minimum absolute atomic E-state index is 0.102. The number of nitrogens with zero attached hydrogens (tertiary/aromatic N) is 5. The van der Waals surface area contributed by atoms with Gasteiger partial charge in [-0.05, 0) is 19.9 Å². The van der Waals surface area contributed by atoms with Crippen LogP contribution in [0.2, 0.25) is 0 Å². The highest BCUT2D eigenvalue weighted by molar-refractivity contribution is 5.75. The first-order valence-electron chi connectivity index (χ1n) is 7.02. The number of hydrogen-bond acceptors (Lipinski definition) is 5. The molecule has 21 heavy (non-hydrogen) atoms. The van der Waals surface area contributed by atoms with Gasteiger partial charge in [0.15, 0.2) is 0 Å². The number of aromatic nitrogens is 4. The molecular formula is C14H20N6O. The van der Waals surface area contributed by atoms with E-state index in [2.05, 4.69) is 39.1 Å². The van der Waals surface area contributed by atoms with Crippen molar-refractivity contribution in [3.8, 4) is 0 Å². The molecule has 2 rings (SSSR count). The SMILES string of the molecule is CCN(CC)c1ncccc1CNC(=O)Cn1cncn1. The van der Waals surface area contributed by atoms with Crippen LogP contribution in [0.3, 0.4) is 0 Å². The first-order chi connectivity index (χ1) is 10.2. The minimum atomic E-state index is -0.102. The third kappa shape index (κ3) is 4.01. The van der Waals surface area contributed by atoms with Crippen LogP contribution in [0.4, 0.5) is 5.82 Å². The van der Waals surface area contributed by atoms with Crippen molar-refractivity contribution in [2.24, 2.45) is 0 Å². The topological polar surface area (TPSA) is 75.9 Å². The Morgan fingerprint density at radius 3 is 2.86 bits per heavy atom. The normalized spacial score (nSPS) is 10.4. The maximum Gasteiger partial charge on any atom is 0.242 e. The third-order valence-electron chi connectivity index (χ3n) is 3.18. The lowest BCUT2D eigenvalue weighted by atomic mass is 10.2. The average Bonchev–Trinajstić information content (AvgIpc) is 3.00. The van der Waals surface area contributed by atoms with Gasteiger partial charge in [0.25, 0.3) is 0 Å². The van der Waals surface area contributed by atoms with Crippen LogP contribution in [0, 0.1) is 0 Å². The van der Waals surface area contributed by atoms with Crippen molar-refractivity contribution < 1.29 is 4.79 Å². The molecule has 0 unspecified atom stereocenters. The number of amides is 1. The van der Waals surface area contributed by atoms with Crippen molar-refractivity contribution >= 4 is 11.7 Å². The van der Waals surface area contributed by atoms with E-state index in [1.54, 1.807) is 6.20 Å². The van der Waals surface area contributed by atoms with Gasteiger partial charge in [-0.2, -0.15) is 5.10 Å². The van der Waals surface area contributed by atoms with E-state index >= 15 is 0 Å². The number of carbonyl (C=O) groups excluding carboxylic acids is 1. The van der Waals surface area contributed by atoms with Crippen LogP contribution in [0.1, 0.15) is 19.4 Å². The summed E-state index contributed by atoms with van der Waals surface area (Å²) in [6, 6.07) is 3.86. The highest BCUT2D eigenvalue weighted by Crippen LogP contribution is 2.16. The standard InChI is InChI=1S/C14H20N6O/c1-3-19(4-2)14-12(6-5-7-16-14)8-17-13(21)9-20-11-15-10-18-20/h5-7,10-11H,3-4,8-9H2,1-2H3,(H,17,21). The summed E-state index contributed by atoms with van der Waals surface area (Å²) in [5, 5.41) is 6.79. The molecule has 0 fully saturated rings. The van der Waals surface area contributed by atoms with E-state index in [4.69, 9.17) is 0 Å². The molecule has 0 radical (unpaired) electrons. The summed E-state index contributed by atoms with van der Waals surface area (Å²) >= 11 is 0. The Bertz CT molecular complexity index is 565. The molecule has 112 valence electrons. The Hall–Kier alpha value is -2.44.